The van der Waals surface area contributed by atoms with Crippen LogP contribution in [0.15, 0.2) is 48.9 Å². The van der Waals surface area contributed by atoms with E-state index in [9.17, 15) is 4.79 Å². The molecule has 3 N–H and O–H groups in total. The summed E-state index contributed by atoms with van der Waals surface area (Å²) in [6.45, 7) is 2.15. The lowest BCUT2D eigenvalue weighted by Crippen LogP contribution is -2.41. The molecule has 5 aromatic rings. The predicted octanol–water partition coefficient (Wildman–Crippen LogP) is 6.74. The number of carbonyl (C=O) groups is 1. The number of aromatic nitrogens is 3. The smallest absolute Gasteiger partial charge is 0.271 e. The van der Waals surface area contributed by atoms with Crippen LogP contribution in [0.2, 0.25) is 15.1 Å². The lowest BCUT2D eigenvalue weighted by molar-refractivity contribution is 0.0300. The summed E-state index contributed by atoms with van der Waals surface area (Å²) >= 11 is 18.9. The Morgan fingerprint density at radius 2 is 1.47 bits per heavy atom. The molecule has 0 saturated carbocycles. The van der Waals surface area contributed by atoms with Crippen LogP contribution in [-0.4, -0.2) is 52.1 Å². The Labute approximate surface area is 209 Å². The van der Waals surface area contributed by atoms with Crippen molar-refractivity contribution < 1.29 is 9.53 Å². The number of aromatic amines is 3. The van der Waals surface area contributed by atoms with Gasteiger partial charge in [-0.3, -0.25) is 4.79 Å². The normalized spacial score (nSPS) is 14.4. The van der Waals surface area contributed by atoms with Gasteiger partial charge in [0.15, 0.2) is 0 Å². The maximum atomic E-state index is 13.6. The van der Waals surface area contributed by atoms with Crippen molar-refractivity contribution in [1.29, 1.82) is 0 Å². The minimum Gasteiger partial charge on any atom is -0.378 e. The predicted molar refractivity (Wildman–Crippen MR) is 137 cm³/mol. The second-order valence-electron chi connectivity index (χ2n) is 8.26. The molecular weight excluding hydrogens is 495 g/mol. The molecule has 6 nitrogen and oxygen atoms in total. The van der Waals surface area contributed by atoms with Crippen molar-refractivity contribution in [2.75, 3.05) is 26.3 Å². The first kappa shape index (κ1) is 21.6. The number of nitrogens with one attached hydrogen (secondary N) is 3. The number of hydrogen-bond acceptors (Lipinski definition) is 2. The number of ether oxygens (including phenoxy) is 1. The molecule has 1 fully saturated rings. The summed E-state index contributed by atoms with van der Waals surface area (Å²) in [6, 6.07) is 9.34. The van der Waals surface area contributed by atoms with Crippen LogP contribution >= 0.6 is 34.8 Å². The van der Waals surface area contributed by atoms with Gasteiger partial charge in [-0.1, -0.05) is 34.8 Å². The zero-order valence-electron chi connectivity index (χ0n) is 17.8. The third-order valence-electron chi connectivity index (χ3n) is 6.32. The Morgan fingerprint density at radius 1 is 0.794 bits per heavy atom. The lowest BCUT2D eigenvalue weighted by atomic mass is 9.95. The van der Waals surface area contributed by atoms with E-state index in [4.69, 9.17) is 39.5 Å². The SMILES string of the molecule is O=C(c1[nH]cc(-c2c[nH]c3cc(Cl)c(Cl)cc23)c1-c1c[nH]c2ccc(Cl)cc12)N1CCOCC1. The van der Waals surface area contributed by atoms with Gasteiger partial charge in [0.05, 0.1) is 23.3 Å². The van der Waals surface area contributed by atoms with E-state index in [-0.39, 0.29) is 5.91 Å². The van der Waals surface area contributed by atoms with Crippen molar-refractivity contribution in [3.8, 4) is 22.3 Å². The Hall–Kier alpha value is -2.90. The van der Waals surface area contributed by atoms with Gasteiger partial charge < -0.3 is 24.6 Å². The standard InChI is InChI=1S/C25H19Cl3N4O2/c26-13-1-2-21-14(7-13)17(11-29-21)23-18(12-31-24(23)25(33)32-3-5-34-6-4-32)16-10-30-22-9-20(28)19(27)8-15(16)22/h1-2,7-12,29-31H,3-6H2. The van der Waals surface area contributed by atoms with Crippen molar-refractivity contribution in [3.05, 3.63) is 69.7 Å². The van der Waals surface area contributed by atoms with E-state index in [0.29, 0.717) is 47.1 Å². The molecule has 1 aliphatic rings. The number of nitrogens with zero attached hydrogens (tertiary/aromatic N) is 1. The molecule has 0 spiro atoms. The first-order chi connectivity index (χ1) is 16.5. The maximum Gasteiger partial charge on any atom is 0.271 e. The molecule has 3 aromatic heterocycles. The summed E-state index contributed by atoms with van der Waals surface area (Å²) in [5.74, 6) is -0.0677. The van der Waals surface area contributed by atoms with Crippen LogP contribution in [0.25, 0.3) is 44.1 Å². The highest BCUT2D eigenvalue weighted by Gasteiger charge is 2.28. The Morgan fingerprint density at radius 3 is 2.29 bits per heavy atom. The summed E-state index contributed by atoms with van der Waals surface area (Å²) in [5.41, 5.74) is 5.80. The number of hydrogen-bond donors (Lipinski definition) is 3. The molecule has 172 valence electrons. The lowest BCUT2D eigenvalue weighted by Gasteiger charge is -2.26. The summed E-state index contributed by atoms with van der Waals surface area (Å²) < 4.78 is 5.44. The number of halogens is 3. The summed E-state index contributed by atoms with van der Waals surface area (Å²) in [4.78, 5) is 25.3. The number of fused-ring (bicyclic) bond motifs is 2. The number of H-pyrrole nitrogens is 3. The topological polar surface area (TPSA) is 76.9 Å². The second kappa shape index (κ2) is 8.40. The molecule has 34 heavy (non-hydrogen) atoms. The third-order valence-corrected chi connectivity index (χ3v) is 7.28. The Bertz CT molecular complexity index is 1560. The highest BCUT2D eigenvalue weighted by Crippen LogP contribution is 2.43. The second-order valence-corrected chi connectivity index (χ2v) is 9.51. The van der Waals surface area contributed by atoms with Crippen LogP contribution in [0.3, 0.4) is 0 Å². The van der Waals surface area contributed by atoms with Crippen LogP contribution < -0.4 is 0 Å². The first-order valence-electron chi connectivity index (χ1n) is 10.8. The third kappa shape index (κ3) is 3.49. The van der Waals surface area contributed by atoms with Gasteiger partial charge in [0.1, 0.15) is 5.69 Å². The van der Waals surface area contributed by atoms with Crippen molar-refractivity contribution >= 4 is 62.5 Å². The molecule has 1 saturated heterocycles. The molecule has 0 unspecified atom stereocenters. The number of morpholine rings is 1. The van der Waals surface area contributed by atoms with Crippen molar-refractivity contribution in [2.45, 2.75) is 0 Å². The Balaban J connectivity index is 1.60. The summed E-state index contributed by atoms with van der Waals surface area (Å²) in [6.07, 6.45) is 5.70. The van der Waals surface area contributed by atoms with Gasteiger partial charge in [0, 0.05) is 80.8 Å². The summed E-state index contributed by atoms with van der Waals surface area (Å²) in [7, 11) is 0. The molecule has 1 aliphatic heterocycles. The molecule has 0 bridgehead atoms. The molecule has 4 heterocycles. The molecule has 9 heteroatoms. The van der Waals surface area contributed by atoms with Gasteiger partial charge in [-0.2, -0.15) is 0 Å². The monoisotopic (exact) mass is 512 g/mol. The van der Waals surface area contributed by atoms with Crippen molar-refractivity contribution in [1.82, 2.24) is 19.9 Å². The van der Waals surface area contributed by atoms with E-state index < -0.39 is 0 Å². The number of amides is 1. The minimum atomic E-state index is -0.0677. The van der Waals surface area contributed by atoms with E-state index in [0.717, 1.165) is 44.1 Å². The molecule has 0 radical (unpaired) electrons. The zero-order chi connectivity index (χ0) is 23.4. The van der Waals surface area contributed by atoms with Crippen molar-refractivity contribution in [2.24, 2.45) is 0 Å². The van der Waals surface area contributed by atoms with E-state index >= 15 is 0 Å². The van der Waals surface area contributed by atoms with E-state index in [1.807, 2.05) is 47.8 Å². The molecule has 0 atom stereocenters. The zero-order valence-corrected chi connectivity index (χ0v) is 20.1. The van der Waals surface area contributed by atoms with Crippen LogP contribution in [0.1, 0.15) is 10.5 Å². The molecular formula is C25H19Cl3N4O2. The van der Waals surface area contributed by atoms with Gasteiger partial charge in [-0.15, -0.1) is 0 Å². The minimum absolute atomic E-state index is 0.0677. The van der Waals surface area contributed by atoms with Gasteiger partial charge in [-0.25, -0.2) is 0 Å². The van der Waals surface area contributed by atoms with Crippen LogP contribution in [0.5, 0.6) is 0 Å². The van der Waals surface area contributed by atoms with Gasteiger partial charge in [0.2, 0.25) is 0 Å². The van der Waals surface area contributed by atoms with Gasteiger partial charge >= 0.3 is 0 Å². The van der Waals surface area contributed by atoms with Gasteiger partial charge in [-0.05, 0) is 30.3 Å². The molecule has 6 rings (SSSR count). The maximum absolute atomic E-state index is 13.6. The van der Waals surface area contributed by atoms with Crippen LogP contribution in [0.4, 0.5) is 0 Å². The van der Waals surface area contributed by atoms with E-state index in [2.05, 4.69) is 15.0 Å². The van der Waals surface area contributed by atoms with E-state index in [1.165, 1.54) is 0 Å². The number of benzene rings is 2. The fraction of sp³-hybridized carbons (Fsp3) is 0.160. The van der Waals surface area contributed by atoms with Crippen LogP contribution in [0, 0.1) is 0 Å². The van der Waals surface area contributed by atoms with E-state index in [1.54, 1.807) is 6.07 Å². The van der Waals surface area contributed by atoms with Crippen molar-refractivity contribution in [3.63, 3.8) is 0 Å². The molecule has 1 amide bonds. The van der Waals surface area contributed by atoms with Crippen LogP contribution in [-0.2, 0) is 4.74 Å². The fourth-order valence-corrected chi connectivity index (χ4v) is 5.15. The summed E-state index contributed by atoms with van der Waals surface area (Å²) in [5, 5.41) is 3.42. The highest BCUT2D eigenvalue weighted by molar-refractivity contribution is 6.43. The average molecular weight is 514 g/mol. The highest BCUT2D eigenvalue weighted by atomic mass is 35.5. The Kier molecular flexibility index (Phi) is 5.34. The quantitative estimate of drug-likeness (QED) is 0.250. The number of carbonyl (C=O) groups excluding carboxylic acids is 1. The number of rotatable bonds is 3. The largest absolute Gasteiger partial charge is 0.378 e. The van der Waals surface area contributed by atoms with Gasteiger partial charge in [0.25, 0.3) is 5.91 Å². The fourth-order valence-electron chi connectivity index (χ4n) is 4.65. The molecule has 2 aromatic carbocycles. The average Bonchev–Trinajstić information content (AvgIpc) is 3.55. The molecule has 0 aliphatic carbocycles. The first-order valence-corrected chi connectivity index (χ1v) is 12.0.